The highest BCUT2D eigenvalue weighted by atomic mass is 16.5. The second-order valence-electron chi connectivity index (χ2n) is 3.00. The highest BCUT2D eigenvalue weighted by molar-refractivity contribution is 5.82. The van der Waals surface area contributed by atoms with E-state index in [1.54, 1.807) is 11.9 Å². The summed E-state index contributed by atoms with van der Waals surface area (Å²) in [5.74, 6) is 0.396. The second kappa shape index (κ2) is 2.58. The van der Waals surface area contributed by atoms with Gasteiger partial charge in [-0.1, -0.05) is 13.8 Å². The van der Waals surface area contributed by atoms with Crippen molar-refractivity contribution < 1.29 is 9.53 Å². The van der Waals surface area contributed by atoms with Crippen LogP contribution >= 0.6 is 0 Å². The van der Waals surface area contributed by atoms with Crippen molar-refractivity contribution in [3.63, 3.8) is 0 Å². The molecule has 0 aromatic carbocycles. The normalized spacial score (nSPS) is 26.6. The Kier molecular flexibility index (Phi) is 1.94. The van der Waals surface area contributed by atoms with Crippen molar-refractivity contribution in [2.75, 3.05) is 13.8 Å². The van der Waals surface area contributed by atoms with Gasteiger partial charge in [0.1, 0.15) is 12.8 Å². The number of hydrogen-bond acceptors (Lipinski definition) is 2. The first-order chi connectivity index (χ1) is 4.63. The van der Waals surface area contributed by atoms with E-state index in [1.165, 1.54) is 0 Å². The van der Waals surface area contributed by atoms with Gasteiger partial charge in [0.2, 0.25) is 0 Å². The van der Waals surface area contributed by atoms with Crippen LogP contribution in [-0.2, 0) is 9.53 Å². The molecule has 10 heavy (non-hydrogen) atoms. The van der Waals surface area contributed by atoms with Gasteiger partial charge in [-0.15, -0.1) is 0 Å². The van der Waals surface area contributed by atoms with Crippen molar-refractivity contribution >= 4 is 5.91 Å². The van der Waals surface area contributed by atoms with Crippen molar-refractivity contribution in [3.05, 3.63) is 0 Å². The van der Waals surface area contributed by atoms with Crippen LogP contribution in [0.3, 0.4) is 0 Å². The lowest BCUT2D eigenvalue weighted by Gasteiger charge is -2.10. The number of carbonyl (C=O) groups is 1. The molecule has 0 bridgehead atoms. The summed E-state index contributed by atoms with van der Waals surface area (Å²) in [7, 11) is 1.75. The Bertz CT molecular complexity index is 145. The fourth-order valence-electron chi connectivity index (χ4n) is 1.02. The van der Waals surface area contributed by atoms with E-state index in [0.717, 1.165) is 0 Å². The van der Waals surface area contributed by atoms with Gasteiger partial charge >= 0.3 is 0 Å². The maximum absolute atomic E-state index is 11.1. The van der Waals surface area contributed by atoms with Crippen LogP contribution in [0.25, 0.3) is 0 Å². The Morgan fingerprint density at radius 3 is 2.50 bits per heavy atom. The lowest BCUT2D eigenvalue weighted by Crippen LogP contribution is -2.29. The van der Waals surface area contributed by atoms with Gasteiger partial charge in [-0.3, -0.25) is 4.79 Å². The van der Waals surface area contributed by atoms with Crippen LogP contribution in [0, 0.1) is 5.92 Å². The van der Waals surface area contributed by atoms with Gasteiger partial charge in [-0.05, 0) is 5.92 Å². The summed E-state index contributed by atoms with van der Waals surface area (Å²) in [6.45, 7) is 4.42. The smallest absolute Gasteiger partial charge is 0.253 e. The van der Waals surface area contributed by atoms with Crippen LogP contribution in [0.5, 0.6) is 0 Å². The van der Waals surface area contributed by atoms with Gasteiger partial charge in [0.05, 0.1) is 0 Å². The molecule has 1 amide bonds. The Morgan fingerprint density at radius 2 is 2.30 bits per heavy atom. The fourth-order valence-corrected chi connectivity index (χ4v) is 1.02. The first-order valence-corrected chi connectivity index (χ1v) is 3.49. The quantitative estimate of drug-likeness (QED) is 0.533. The van der Waals surface area contributed by atoms with Crippen LogP contribution in [0.4, 0.5) is 0 Å². The van der Waals surface area contributed by atoms with Gasteiger partial charge < -0.3 is 9.64 Å². The predicted octanol–water partition coefficient (Wildman–Crippen LogP) is 0.457. The molecule has 58 valence electrons. The number of nitrogens with zero attached hydrogens (tertiary/aromatic N) is 1. The molecule has 0 aromatic heterocycles. The summed E-state index contributed by atoms with van der Waals surface area (Å²) in [6, 6.07) is 0. The SMILES string of the molecule is CC(C)[C@@H]1OCN(C)C1=O. The molecule has 1 rings (SSSR count). The standard InChI is InChI=1S/C7H13NO2/c1-5(2)6-7(9)8(3)4-10-6/h5-6H,4H2,1-3H3/t6-/m0/s1. The van der Waals surface area contributed by atoms with Crippen molar-refractivity contribution in [1.82, 2.24) is 4.90 Å². The van der Waals surface area contributed by atoms with Gasteiger partial charge in [-0.2, -0.15) is 0 Å². The number of ether oxygens (including phenoxy) is 1. The molecule has 3 heteroatoms. The van der Waals surface area contributed by atoms with Crippen LogP contribution in [-0.4, -0.2) is 30.7 Å². The van der Waals surface area contributed by atoms with Crippen LogP contribution in [0.2, 0.25) is 0 Å². The van der Waals surface area contributed by atoms with Crippen LogP contribution in [0.15, 0.2) is 0 Å². The molecule has 0 radical (unpaired) electrons. The number of likely N-dealkylation sites (N-methyl/N-ethyl adjacent to an activating group) is 1. The third kappa shape index (κ3) is 1.14. The molecule has 0 saturated carbocycles. The van der Waals surface area contributed by atoms with E-state index in [2.05, 4.69) is 0 Å². The van der Waals surface area contributed by atoms with Crippen molar-refractivity contribution in [3.8, 4) is 0 Å². The molecule has 0 spiro atoms. The van der Waals surface area contributed by atoms with E-state index in [-0.39, 0.29) is 17.9 Å². The third-order valence-corrected chi connectivity index (χ3v) is 1.67. The molecule has 0 aliphatic carbocycles. The minimum atomic E-state index is -0.204. The number of amides is 1. The summed E-state index contributed by atoms with van der Waals surface area (Å²) < 4.78 is 5.22. The number of carbonyl (C=O) groups excluding carboxylic acids is 1. The lowest BCUT2D eigenvalue weighted by molar-refractivity contribution is -0.130. The molecule has 1 saturated heterocycles. The van der Waals surface area contributed by atoms with Gasteiger partial charge in [0, 0.05) is 7.05 Å². The molecule has 1 aliphatic heterocycles. The molecule has 3 nitrogen and oxygen atoms in total. The molecule has 0 N–H and O–H groups in total. The van der Waals surface area contributed by atoms with E-state index >= 15 is 0 Å². The Morgan fingerprint density at radius 1 is 1.70 bits per heavy atom. The minimum absolute atomic E-state index is 0.106. The van der Waals surface area contributed by atoms with Gasteiger partial charge in [0.15, 0.2) is 0 Å². The number of rotatable bonds is 1. The van der Waals surface area contributed by atoms with E-state index in [1.807, 2.05) is 13.8 Å². The summed E-state index contributed by atoms with van der Waals surface area (Å²) in [5, 5.41) is 0. The largest absolute Gasteiger partial charge is 0.348 e. The molecule has 1 heterocycles. The zero-order valence-corrected chi connectivity index (χ0v) is 6.63. The monoisotopic (exact) mass is 143 g/mol. The predicted molar refractivity (Wildman–Crippen MR) is 37.3 cm³/mol. The molecule has 0 aromatic rings. The first-order valence-electron chi connectivity index (χ1n) is 3.49. The lowest BCUT2D eigenvalue weighted by atomic mass is 10.1. The molecule has 0 unspecified atom stereocenters. The summed E-state index contributed by atoms with van der Waals surface area (Å²) in [6.07, 6.45) is -0.204. The summed E-state index contributed by atoms with van der Waals surface area (Å²) in [4.78, 5) is 12.7. The van der Waals surface area contributed by atoms with Crippen molar-refractivity contribution in [2.24, 2.45) is 5.92 Å². The summed E-state index contributed by atoms with van der Waals surface area (Å²) >= 11 is 0. The highest BCUT2D eigenvalue weighted by Crippen LogP contribution is 2.15. The fraction of sp³-hybridized carbons (Fsp3) is 0.857. The van der Waals surface area contributed by atoms with Crippen LogP contribution < -0.4 is 0 Å². The third-order valence-electron chi connectivity index (χ3n) is 1.67. The topological polar surface area (TPSA) is 29.5 Å². The molecule has 1 atom stereocenters. The Labute approximate surface area is 61.0 Å². The van der Waals surface area contributed by atoms with E-state index in [9.17, 15) is 4.79 Å². The second-order valence-corrected chi connectivity index (χ2v) is 3.00. The van der Waals surface area contributed by atoms with E-state index < -0.39 is 0 Å². The Balaban J connectivity index is 2.57. The van der Waals surface area contributed by atoms with Crippen LogP contribution in [0.1, 0.15) is 13.8 Å². The number of hydrogen-bond donors (Lipinski definition) is 0. The van der Waals surface area contributed by atoms with Gasteiger partial charge in [-0.25, -0.2) is 0 Å². The van der Waals surface area contributed by atoms with E-state index in [4.69, 9.17) is 4.74 Å². The molecule has 1 fully saturated rings. The maximum atomic E-state index is 11.1. The van der Waals surface area contributed by atoms with Crippen molar-refractivity contribution in [1.29, 1.82) is 0 Å². The zero-order chi connectivity index (χ0) is 7.72. The maximum Gasteiger partial charge on any atom is 0.253 e. The molecular weight excluding hydrogens is 130 g/mol. The molecule has 1 aliphatic rings. The summed E-state index contributed by atoms with van der Waals surface area (Å²) in [5.41, 5.74) is 0. The average molecular weight is 143 g/mol. The highest BCUT2D eigenvalue weighted by Gasteiger charge is 2.31. The zero-order valence-electron chi connectivity index (χ0n) is 6.63. The minimum Gasteiger partial charge on any atom is -0.348 e. The first kappa shape index (κ1) is 7.54. The van der Waals surface area contributed by atoms with Gasteiger partial charge in [0.25, 0.3) is 5.91 Å². The van der Waals surface area contributed by atoms with Crippen molar-refractivity contribution in [2.45, 2.75) is 20.0 Å². The Hall–Kier alpha value is -0.570. The average Bonchev–Trinajstić information content (AvgIpc) is 2.14. The molecular formula is C7H13NO2. The van der Waals surface area contributed by atoms with E-state index in [0.29, 0.717) is 6.73 Å².